The van der Waals surface area contributed by atoms with Crippen LogP contribution in [0.25, 0.3) is 0 Å². The monoisotopic (exact) mass is 223 g/mol. The number of nitrogens with zero attached hydrogens (tertiary/aromatic N) is 2. The van der Waals surface area contributed by atoms with Crippen molar-refractivity contribution >= 4 is 5.69 Å². The van der Waals surface area contributed by atoms with Gasteiger partial charge in [0.25, 0.3) is 5.56 Å². The summed E-state index contributed by atoms with van der Waals surface area (Å²) in [6, 6.07) is 1.62. The first-order valence-electron chi connectivity index (χ1n) is 5.98. The maximum atomic E-state index is 11.7. The van der Waals surface area contributed by atoms with E-state index in [-0.39, 0.29) is 5.56 Å². The Bertz CT molecular complexity index is 373. The highest BCUT2D eigenvalue weighted by atomic mass is 16.1. The molecule has 0 amide bonds. The fourth-order valence-electron chi connectivity index (χ4n) is 1.36. The van der Waals surface area contributed by atoms with E-state index in [1.165, 1.54) is 4.68 Å². The summed E-state index contributed by atoms with van der Waals surface area (Å²) >= 11 is 0. The Balaban J connectivity index is 2.71. The molecule has 0 aliphatic heterocycles. The van der Waals surface area contributed by atoms with Gasteiger partial charge in [-0.2, -0.15) is 5.10 Å². The zero-order valence-corrected chi connectivity index (χ0v) is 10.4. The van der Waals surface area contributed by atoms with Crippen LogP contribution in [0.1, 0.15) is 33.6 Å². The molecule has 16 heavy (non-hydrogen) atoms. The summed E-state index contributed by atoms with van der Waals surface area (Å²) < 4.78 is 1.53. The quantitative estimate of drug-likeness (QED) is 0.803. The average Bonchev–Trinajstić information content (AvgIpc) is 2.29. The van der Waals surface area contributed by atoms with E-state index < -0.39 is 0 Å². The van der Waals surface area contributed by atoms with Crippen LogP contribution >= 0.6 is 0 Å². The van der Waals surface area contributed by atoms with E-state index in [9.17, 15) is 4.79 Å². The minimum absolute atomic E-state index is 0.0265. The Morgan fingerprint density at radius 2 is 2.25 bits per heavy atom. The highest BCUT2D eigenvalue weighted by Gasteiger charge is 2.04. The van der Waals surface area contributed by atoms with Crippen molar-refractivity contribution in [3.05, 3.63) is 22.6 Å². The Labute approximate surface area is 96.7 Å². The first kappa shape index (κ1) is 12.7. The van der Waals surface area contributed by atoms with E-state index in [0.29, 0.717) is 12.5 Å². The van der Waals surface area contributed by atoms with Crippen molar-refractivity contribution in [2.24, 2.45) is 5.92 Å². The summed E-state index contributed by atoms with van der Waals surface area (Å²) in [7, 11) is 0. The van der Waals surface area contributed by atoms with Crippen LogP contribution < -0.4 is 10.9 Å². The van der Waals surface area contributed by atoms with Crippen molar-refractivity contribution in [3.63, 3.8) is 0 Å². The summed E-state index contributed by atoms with van der Waals surface area (Å²) in [5.41, 5.74) is 0.786. The second-order valence-electron chi connectivity index (χ2n) is 4.20. The topological polar surface area (TPSA) is 46.9 Å². The van der Waals surface area contributed by atoms with Gasteiger partial charge in [0.1, 0.15) is 0 Å². The molecule has 0 aliphatic rings. The number of anilines is 1. The largest absolute Gasteiger partial charge is 0.384 e. The Kier molecular flexibility index (Phi) is 5.02. The molecule has 4 nitrogen and oxygen atoms in total. The molecule has 1 heterocycles. The van der Waals surface area contributed by atoms with Crippen LogP contribution in [0.4, 0.5) is 5.69 Å². The van der Waals surface area contributed by atoms with Gasteiger partial charge in [-0.05, 0) is 12.3 Å². The molecule has 0 bridgehead atoms. The molecule has 1 N–H and O–H groups in total. The molecule has 1 aromatic rings. The van der Waals surface area contributed by atoms with Crippen molar-refractivity contribution < 1.29 is 0 Å². The van der Waals surface area contributed by atoms with Crippen LogP contribution in [0.5, 0.6) is 0 Å². The lowest BCUT2D eigenvalue weighted by atomic mass is 10.1. The molecule has 0 fully saturated rings. The van der Waals surface area contributed by atoms with Crippen LogP contribution in [0, 0.1) is 5.92 Å². The van der Waals surface area contributed by atoms with Gasteiger partial charge < -0.3 is 5.32 Å². The second-order valence-corrected chi connectivity index (χ2v) is 4.20. The summed E-state index contributed by atoms with van der Waals surface area (Å²) in [5, 5.41) is 7.31. The Morgan fingerprint density at radius 3 is 2.81 bits per heavy atom. The lowest BCUT2D eigenvalue weighted by Gasteiger charge is -2.10. The Morgan fingerprint density at radius 1 is 1.50 bits per heavy atom. The SMILES string of the molecule is CCCNc1cnn(CC(C)CC)c(=O)c1. The van der Waals surface area contributed by atoms with Crippen LogP contribution in [-0.2, 0) is 6.54 Å². The third kappa shape index (κ3) is 3.68. The lowest BCUT2D eigenvalue weighted by Crippen LogP contribution is -2.25. The smallest absolute Gasteiger partial charge is 0.268 e. The van der Waals surface area contributed by atoms with Crippen LogP contribution in [0.15, 0.2) is 17.1 Å². The van der Waals surface area contributed by atoms with Crippen molar-refractivity contribution in [2.45, 2.75) is 40.2 Å². The molecule has 1 atom stereocenters. The zero-order chi connectivity index (χ0) is 12.0. The first-order chi connectivity index (χ1) is 7.67. The minimum Gasteiger partial charge on any atom is -0.384 e. The highest BCUT2D eigenvalue weighted by Crippen LogP contribution is 2.04. The van der Waals surface area contributed by atoms with E-state index in [0.717, 1.165) is 25.1 Å². The first-order valence-corrected chi connectivity index (χ1v) is 5.98. The van der Waals surface area contributed by atoms with Crippen LogP contribution in [-0.4, -0.2) is 16.3 Å². The van der Waals surface area contributed by atoms with Gasteiger partial charge in [-0.25, -0.2) is 4.68 Å². The van der Waals surface area contributed by atoms with E-state index >= 15 is 0 Å². The van der Waals surface area contributed by atoms with Gasteiger partial charge in [-0.15, -0.1) is 0 Å². The van der Waals surface area contributed by atoms with Gasteiger partial charge in [0.15, 0.2) is 0 Å². The third-order valence-corrected chi connectivity index (χ3v) is 2.63. The van der Waals surface area contributed by atoms with Crippen molar-refractivity contribution in [1.82, 2.24) is 9.78 Å². The summed E-state index contributed by atoms with van der Waals surface area (Å²) in [6.07, 6.45) is 3.82. The van der Waals surface area contributed by atoms with E-state index in [1.807, 2.05) is 0 Å². The maximum absolute atomic E-state index is 11.7. The van der Waals surface area contributed by atoms with Gasteiger partial charge in [-0.3, -0.25) is 4.79 Å². The van der Waals surface area contributed by atoms with E-state index in [2.05, 4.69) is 31.2 Å². The molecule has 1 rings (SSSR count). The second kappa shape index (κ2) is 6.30. The molecular formula is C12H21N3O. The Hall–Kier alpha value is -1.32. The number of rotatable bonds is 6. The molecule has 4 heteroatoms. The highest BCUT2D eigenvalue weighted by molar-refractivity contribution is 5.38. The third-order valence-electron chi connectivity index (χ3n) is 2.63. The predicted molar refractivity (Wildman–Crippen MR) is 66.7 cm³/mol. The fraction of sp³-hybridized carbons (Fsp3) is 0.667. The minimum atomic E-state index is -0.0265. The molecule has 0 spiro atoms. The molecule has 0 aromatic carbocycles. The number of hydrogen-bond acceptors (Lipinski definition) is 3. The summed E-state index contributed by atoms with van der Waals surface area (Å²) in [4.78, 5) is 11.7. The molecule has 0 aliphatic carbocycles. The van der Waals surface area contributed by atoms with Gasteiger partial charge >= 0.3 is 0 Å². The summed E-state index contributed by atoms with van der Waals surface area (Å²) in [5.74, 6) is 0.486. The van der Waals surface area contributed by atoms with Gasteiger partial charge in [-0.1, -0.05) is 27.2 Å². The predicted octanol–water partition coefficient (Wildman–Crippen LogP) is 2.11. The molecular weight excluding hydrogens is 202 g/mol. The molecule has 0 radical (unpaired) electrons. The van der Waals surface area contributed by atoms with Crippen molar-refractivity contribution in [2.75, 3.05) is 11.9 Å². The number of nitrogens with one attached hydrogen (secondary N) is 1. The van der Waals surface area contributed by atoms with Crippen molar-refractivity contribution in [1.29, 1.82) is 0 Å². The number of hydrogen-bond donors (Lipinski definition) is 1. The van der Waals surface area contributed by atoms with E-state index in [4.69, 9.17) is 0 Å². The maximum Gasteiger partial charge on any atom is 0.268 e. The molecule has 0 saturated heterocycles. The van der Waals surface area contributed by atoms with Gasteiger partial charge in [0, 0.05) is 19.2 Å². The van der Waals surface area contributed by atoms with Gasteiger partial charge in [0.2, 0.25) is 0 Å². The molecule has 90 valence electrons. The average molecular weight is 223 g/mol. The zero-order valence-electron chi connectivity index (χ0n) is 10.4. The lowest BCUT2D eigenvalue weighted by molar-refractivity contribution is 0.424. The molecule has 1 aromatic heterocycles. The van der Waals surface area contributed by atoms with E-state index in [1.54, 1.807) is 12.3 Å². The summed E-state index contributed by atoms with van der Waals surface area (Å²) in [6.45, 7) is 7.90. The standard InChI is InChI=1S/C12H21N3O/c1-4-6-13-11-7-12(16)15(14-8-11)9-10(3)5-2/h7-8,10,13H,4-6,9H2,1-3H3. The van der Waals surface area contributed by atoms with Crippen molar-refractivity contribution in [3.8, 4) is 0 Å². The number of aromatic nitrogens is 2. The molecule has 1 unspecified atom stereocenters. The van der Waals surface area contributed by atoms with Gasteiger partial charge in [0.05, 0.1) is 11.9 Å². The molecule has 0 saturated carbocycles. The normalized spacial score (nSPS) is 12.4. The van der Waals surface area contributed by atoms with Crippen LogP contribution in [0.3, 0.4) is 0 Å². The fourth-order valence-corrected chi connectivity index (χ4v) is 1.36. The van der Waals surface area contributed by atoms with Crippen LogP contribution in [0.2, 0.25) is 0 Å².